The standard InChI is InChI=1S/C28H27ClN2O4/c1-16-6-7-17(2)21(14-16)26(32)24-25(18-8-10-19(11-9-18)30(3)4)31(28(34)27(24)33)20-12-13-23(35-5)22(29)15-20/h6-15,25,32H,1-5H3/b26-24+. The molecule has 1 N–H and O–H groups in total. The van der Waals surface area contributed by atoms with Gasteiger partial charge in [-0.2, -0.15) is 0 Å². The van der Waals surface area contributed by atoms with Crippen molar-refractivity contribution in [3.63, 3.8) is 0 Å². The number of anilines is 2. The van der Waals surface area contributed by atoms with E-state index in [1.54, 1.807) is 18.2 Å². The van der Waals surface area contributed by atoms with Gasteiger partial charge in [-0.15, -0.1) is 0 Å². The van der Waals surface area contributed by atoms with Crippen LogP contribution in [0.2, 0.25) is 5.02 Å². The van der Waals surface area contributed by atoms with Crippen LogP contribution in [0.3, 0.4) is 0 Å². The van der Waals surface area contributed by atoms with Gasteiger partial charge in [0.1, 0.15) is 11.5 Å². The summed E-state index contributed by atoms with van der Waals surface area (Å²) in [6.07, 6.45) is 0. The molecule has 0 spiro atoms. The lowest BCUT2D eigenvalue weighted by Gasteiger charge is -2.26. The van der Waals surface area contributed by atoms with E-state index in [1.165, 1.54) is 12.0 Å². The van der Waals surface area contributed by atoms with Crippen molar-refractivity contribution < 1.29 is 19.4 Å². The molecule has 180 valence electrons. The summed E-state index contributed by atoms with van der Waals surface area (Å²) in [5.74, 6) is -1.24. The zero-order chi connectivity index (χ0) is 25.4. The second-order valence-corrected chi connectivity index (χ2v) is 9.20. The van der Waals surface area contributed by atoms with Crippen molar-refractivity contribution in [1.29, 1.82) is 0 Å². The number of Topliss-reactive ketones (excluding diaryl/α,β-unsaturated/α-hetero) is 1. The minimum Gasteiger partial charge on any atom is -0.507 e. The number of methoxy groups -OCH3 is 1. The molecule has 1 unspecified atom stereocenters. The number of hydrogen-bond acceptors (Lipinski definition) is 5. The van der Waals surface area contributed by atoms with Crippen LogP contribution in [0.25, 0.3) is 5.76 Å². The Bertz CT molecular complexity index is 1350. The minimum atomic E-state index is -0.837. The van der Waals surface area contributed by atoms with E-state index in [1.807, 2.05) is 75.3 Å². The summed E-state index contributed by atoms with van der Waals surface area (Å²) in [6, 6.07) is 17.2. The van der Waals surface area contributed by atoms with E-state index >= 15 is 0 Å². The average molecular weight is 491 g/mol. The Kier molecular flexibility index (Phi) is 6.59. The minimum absolute atomic E-state index is 0.0354. The molecule has 1 aliphatic rings. The van der Waals surface area contributed by atoms with Crippen molar-refractivity contribution in [2.24, 2.45) is 0 Å². The van der Waals surface area contributed by atoms with Gasteiger partial charge in [0.05, 0.1) is 23.7 Å². The van der Waals surface area contributed by atoms with Crippen molar-refractivity contribution in [2.75, 3.05) is 31.0 Å². The largest absolute Gasteiger partial charge is 0.507 e. The first kappa shape index (κ1) is 24.4. The normalized spacial score (nSPS) is 17.1. The molecule has 0 radical (unpaired) electrons. The highest BCUT2D eigenvalue weighted by Gasteiger charge is 2.47. The first-order chi connectivity index (χ1) is 16.6. The Morgan fingerprint density at radius 2 is 1.69 bits per heavy atom. The molecule has 1 heterocycles. The van der Waals surface area contributed by atoms with Gasteiger partial charge in [-0.3, -0.25) is 14.5 Å². The summed E-state index contributed by atoms with van der Waals surface area (Å²) < 4.78 is 5.24. The van der Waals surface area contributed by atoms with Crippen LogP contribution in [-0.4, -0.2) is 38.0 Å². The van der Waals surface area contributed by atoms with Gasteiger partial charge in [0.25, 0.3) is 11.7 Å². The molecule has 0 saturated carbocycles. The van der Waals surface area contributed by atoms with E-state index in [4.69, 9.17) is 16.3 Å². The third-order valence-electron chi connectivity index (χ3n) is 6.23. The number of aliphatic hydroxyl groups is 1. The van der Waals surface area contributed by atoms with E-state index < -0.39 is 17.7 Å². The number of ketones is 1. The lowest BCUT2D eigenvalue weighted by atomic mass is 9.93. The highest BCUT2D eigenvalue weighted by molar-refractivity contribution is 6.52. The Labute approximate surface area is 210 Å². The average Bonchev–Trinajstić information content (AvgIpc) is 3.10. The molecular weight excluding hydrogens is 464 g/mol. The van der Waals surface area contributed by atoms with Crippen molar-refractivity contribution >= 4 is 40.4 Å². The number of benzene rings is 3. The number of ether oxygens (including phenoxy) is 1. The fraction of sp³-hybridized carbons (Fsp3) is 0.214. The lowest BCUT2D eigenvalue weighted by molar-refractivity contribution is -0.132. The van der Waals surface area contributed by atoms with Gasteiger partial charge in [-0.1, -0.05) is 41.4 Å². The molecule has 1 atom stereocenters. The topological polar surface area (TPSA) is 70.1 Å². The molecule has 1 aliphatic heterocycles. The van der Waals surface area contributed by atoms with Crippen LogP contribution in [0.15, 0.2) is 66.2 Å². The van der Waals surface area contributed by atoms with E-state index in [2.05, 4.69) is 0 Å². The van der Waals surface area contributed by atoms with Gasteiger partial charge in [0, 0.05) is 31.0 Å². The van der Waals surface area contributed by atoms with Crippen molar-refractivity contribution in [3.8, 4) is 5.75 Å². The quantitative estimate of drug-likeness (QED) is 0.284. The molecule has 6 nitrogen and oxygen atoms in total. The van der Waals surface area contributed by atoms with Gasteiger partial charge in [-0.25, -0.2) is 0 Å². The molecule has 0 bridgehead atoms. The predicted molar refractivity (Wildman–Crippen MR) is 139 cm³/mol. The number of carbonyl (C=O) groups excluding carboxylic acids is 2. The Morgan fingerprint density at radius 3 is 2.29 bits per heavy atom. The monoisotopic (exact) mass is 490 g/mol. The van der Waals surface area contributed by atoms with E-state index in [0.717, 1.165) is 16.8 Å². The second-order valence-electron chi connectivity index (χ2n) is 8.79. The number of aliphatic hydroxyl groups excluding tert-OH is 1. The smallest absolute Gasteiger partial charge is 0.300 e. The molecule has 1 fully saturated rings. The number of rotatable bonds is 5. The molecule has 35 heavy (non-hydrogen) atoms. The summed E-state index contributed by atoms with van der Waals surface area (Å²) in [5, 5.41) is 11.7. The van der Waals surface area contributed by atoms with Crippen LogP contribution >= 0.6 is 11.6 Å². The maximum Gasteiger partial charge on any atom is 0.300 e. The van der Waals surface area contributed by atoms with Crippen molar-refractivity contribution in [3.05, 3.63) is 93.5 Å². The van der Waals surface area contributed by atoms with Crippen LogP contribution < -0.4 is 14.5 Å². The number of amides is 1. The number of halogens is 1. The molecule has 0 aromatic heterocycles. The fourth-order valence-electron chi connectivity index (χ4n) is 4.31. The number of aryl methyl sites for hydroxylation is 2. The van der Waals surface area contributed by atoms with Crippen LogP contribution in [0.5, 0.6) is 5.75 Å². The number of carbonyl (C=O) groups is 2. The zero-order valence-electron chi connectivity index (χ0n) is 20.3. The summed E-state index contributed by atoms with van der Waals surface area (Å²) in [6.45, 7) is 3.76. The Balaban J connectivity index is 1.96. The third kappa shape index (κ3) is 4.37. The van der Waals surface area contributed by atoms with Crippen LogP contribution in [0.4, 0.5) is 11.4 Å². The first-order valence-electron chi connectivity index (χ1n) is 11.1. The maximum atomic E-state index is 13.4. The molecule has 4 rings (SSSR count). The number of nitrogens with zero attached hydrogens (tertiary/aromatic N) is 2. The van der Waals surface area contributed by atoms with E-state index in [9.17, 15) is 14.7 Å². The number of hydrogen-bond donors (Lipinski definition) is 1. The van der Waals surface area contributed by atoms with Crippen LogP contribution in [0, 0.1) is 13.8 Å². The SMILES string of the molecule is COc1ccc(N2C(=O)C(=O)/C(=C(/O)c3cc(C)ccc3C)C2c2ccc(N(C)C)cc2)cc1Cl. The molecule has 7 heteroatoms. The van der Waals surface area contributed by atoms with E-state index in [-0.39, 0.29) is 11.3 Å². The van der Waals surface area contributed by atoms with Crippen molar-refractivity contribution in [1.82, 2.24) is 0 Å². The van der Waals surface area contributed by atoms with Gasteiger partial charge >= 0.3 is 0 Å². The molecule has 0 aliphatic carbocycles. The van der Waals surface area contributed by atoms with Gasteiger partial charge in [0.2, 0.25) is 0 Å². The molecule has 3 aromatic rings. The zero-order valence-corrected chi connectivity index (χ0v) is 21.1. The van der Waals surface area contributed by atoms with Crippen molar-refractivity contribution in [2.45, 2.75) is 19.9 Å². The third-order valence-corrected chi connectivity index (χ3v) is 6.53. The summed E-state index contributed by atoms with van der Waals surface area (Å²) >= 11 is 6.36. The summed E-state index contributed by atoms with van der Waals surface area (Å²) in [7, 11) is 5.37. The Hall–Kier alpha value is -3.77. The highest BCUT2D eigenvalue weighted by atomic mass is 35.5. The second kappa shape index (κ2) is 9.47. The van der Waals surface area contributed by atoms with E-state index in [0.29, 0.717) is 27.6 Å². The van der Waals surface area contributed by atoms with Crippen LogP contribution in [0.1, 0.15) is 28.3 Å². The van der Waals surface area contributed by atoms with Crippen LogP contribution in [-0.2, 0) is 9.59 Å². The maximum absolute atomic E-state index is 13.4. The fourth-order valence-corrected chi connectivity index (χ4v) is 4.56. The summed E-state index contributed by atoms with van der Waals surface area (Å²) in [5.41, 5.74) is 4.37. The molecular formula is C28H27ClN2O4. The molecule has 1 saturated heterocycles. The Morgan fingerprint density at radius 1 is 1.00 bits per heavy atom. The lowest BCUT2D eigenvalue weighted by Crippen LogP contribution is -2.29. The highest BCUT2D eigenvalue weighted by Crippen LogP contribution is 2.44. The predicted octanol–water partition coefficient (Wildman–Crippen LogP) is 5.66. The van der Waals surface area contributed by atoms with Gasteiger partial charge in [0.15, 0.2) is 0 Å². The first-order valence-corrected chi connectivity index (χ1v) is 11.5. The molecule has 3 aromatic carbocycles. The molecule has 1 amide bonds. The summed E-state index contributed by atoms with van der Waals surface area (Å²) in [4.78, 5) is 30.1. The van der Waals surface area contributed by atoms with Gasteiger partial charge in [-0.05, 0) is 61.4 Å². The van der Waals surface area contributed by atoms with Gasteiger partial charge < -0.3 is 14.7 Å².